The topological polar surface area (TPSA) is 129 Å². The predicted octanol–water partition coefficient (Wildman–Crippen LogP) is 1.85. The second-order valence-electron chi connectivity index (χ2n) is 8.43. The molecule has 2 N–H and O–H groups in total. The number of carbonyl (C=O) groups excluding carboxylic acids is 1. The number of fused-ring (bicyclic) bond motifs is 1. The highest BCUT2D eigenvalue weighted by Crippen LogP contribution is 2.26. The lowest BCUT2D eigenvalue weighted by Gasteiger charge is -2.28. The standard InChI is InChI=1S/C23H25N7O3/c24-13-15-5-6-30-20(11-15)18(14-25-30)22-27-19(23(32)29-7-9-33-10-8-29)12-21(28-22)26-16-1-3-17(31)4-2-16/h5-6,11-12,14,16-17,31H,1-4,7-10H2,(H,26,27,28). The minimum absolute atomic E-state index is 0.164. The minimum Gasteiger partial charge on any atom is -0.393 e. The van der Waals surface area contributed by atoms with Gasteiger partial charge in [-0.25, -0.2) is 14.5 Å². The lowest BCUT2D eigenvalue weighted by molar-refractivity contribution is 0.0299. The van der Waals surface area contributed by atoms with Crippen LogP contribution in [0.4, 0.5) is 5.82 Å². The van der Waals surface area contributed by atoms with Crippen molar-refractivity contribution in [1.29, 1.82) is 5.26 Å². The lowest BCUT2D eigenvalue weighted by Crippen LogP contribution is -2.41. The van der Waals surface area contributed by atoms with Crippen molar-refractivity contribution in [2.45, 2.75) is 37.8 Å². The van der Waals surface area contributed by atoms with Crippen molar-refractivity contribution < 1.29 is 14.6 Å². The average molecular weight is 447 g/mol. The van der Waals surface area contributed by atoms with Gasteiger partial charge in [0, 0.05) is 31.4 Å². The van der Waals surface area contributed by atoms with Crippen LogP contribution in [0, 0.1) is 11.3 Å². The second-order valence-corrected chi connectivity index (χ2v) is 8.43. The van der Waals surface area contributed by atoms with Gasteiger partial charge in [0.05, 0.1) is 48.2 Å². The molecule has 0 radical (unpaired) electrons. The number of rotatable bonds is 4. The Hall–Kier alpha value is -3.55. The highest BCUT2D eigenvalue weighted by atomic mass is 16.5. The third kappa shape index (κ3) is 4.51. The number of aliphatic hydroxyl groups is 1. The minimum atomic E-state index is -0.254. The summed E-state index contributed by atoms with van der Waals surface area (Å²) in [7, 11) is 0. The first-order valence-corrected chi connectivity index (χ1v) is 11.2. The smallest absolute Gasteiger partial charge is 0.272 e. The number of hydrogen-bond acceptors (Lipinski definition) is 8. The zero-order chi connectivity index (χ0) is 22.8. The molecule has 1 amide bonds. The van der Waals surface area contributed by atoms with Crippen LogP contribution < -0.4 is 5.32 Å². The van der Waals surface area contributed by atoms with Gasteiger partial charge in [0.15, 0.2) is 5.82 Å². The summed E-state index contributed by atoms with van der Waals surface area (Å²) in [5.41, 5.74) is 2.14. The second kappa shape index (κ2) is 9.13. The molecule has 3 aromatic rings. The number of nitriles is 1. The van der Waals surface area contributed by atoms with Crippen molar-refractivity contribution in [3.8, 4) is 17.5 Å². The third-order valence-corrected chi connectivity index (χ3v) is 6.18. The van der Waals surface area contributed by atoms with Gasteiger partial charge >= 0.3 is 0 Å². The van der Waals surface area contributed by atoms with Crippen LogP contribution in [-0.2, 0) is 4.74 Å². The summed E-state index contributed by atoms with van der Waals surface area (Å²) < 4.78 is 7.03. The molecule has 33 heavy (non-hydrogen) atoms. The van der Waals surface area contributed by atoms with E-state index >= 15 is 0 Å². The summed E-state index contributed by atoms with van der Waals surface area (Å²) in [6, 6.07) is 7.42. The Morgan fingerprint density at radius 2 is 1.97 bits per heavy atom. The van der Waals surface area contributed by atoms with Gasteiger partial charge in [-0.1, -0.05) is 0 Å². The van der Waals surface area contributed by atoms with Gasteiger partial charge in [0.1, 0.15) is 11.5 Å². The van der Waals surface area contributed by atoms with Gasteiger partial charge in [-0.15, -0.1) is 0 Å². The molecule has 5 rings (SSSR count). The molecule has 1 aliphatic heterocycles. The van der Waals surface area contributed by atoms with Crippen molar-refractivity contribution in [2.75, 3.05) is 31.6 Å². The number of amides is 1. The SMILES string of the molecule is N#Cc1ccn2ncc(-c3nc(NC4CCC(O)CC4)cc(C(=O)N4CCOCC4)n3)c2c1. The van der Waals surface area contributed by atoms with Gasteiger partial charge in [0.25, 0.3) is 5.91 Å². The van der Waals surface area contributed by atoms with E-state index in [0.717, 1.165) is 25.7 Å². The Kier molecular flexibility index (Phi) is 5.90. The van der Waals surface area contributed by atoms with Crippen LogP contribution in [0.15, 0.2) is 30.6 Å². The zero-order valence-electron chi connectivity index (χ0n) is 18.1. The fourth-order valence-corrected chi connectivity index (χ4v) is 4.33. The number of morpholine rings is 1. The normalized spacial score (nSPS) is 21.0. The van der Waals surface area contributed by atoms with E-state index < -0.39 is 0 Å². The summed E-state index contributed by atoms with van der Waals surface area (Å²) in [4.78, 5) is 24.3. The summed E-state index contributed by atoms with van der Waals surface area (Å²) >= 11 is 0. The highest BCUT2D eigenvalue weighted by Gasteiger charge is 2.24. The lowest BCUT2D eigenvalue weighted by atomic mass is 9.93. The fourth-order valence-electron chi connectivity index (χ4n) is 4.33. The van der Waals surface area contributed by atoms with E-state index in [1.165, 1.54) is 0 Å². The summed E-state index contributed by atoms with van der Waals surface area (Å²) in [6.45, 7) is 2.04. The molecule has 1 saturated heterocycles. The Balaban J connectivity index is 1.53. The van der Waals surface area contributed by atoms with Crippen molar-refractivity contribution in [3.63, 3.8) is 0 Å². The number of aliphatic hydroxyl groups excluding tert-OH is 1. The molecule has 10 nitrogen and oxygen atoms in total. The van der Waals surface area contributed by atoms with E-state index in [9.17, 15) is 15.2 Å². The molecule has 0 spiro atoms. The van der Waals surface area contributed by atoms with Crippen molar-refractivity contribution in [2.24, 2.45) is 0 Å². The maximum Gasteiger partial charge on any atom is 0.272 e. The number of ether oxygens (including phenoxy) is 1. The van der Waals surface area contributed by atoms with E-state index in [4.69, 9.17) is 9.72 Å². The van der Waals surface area contributed by atoms with E-state index in [1.807, 2.05) is 0 Å². The van der Waals surface area contributed by atoms with E-state index in [2.05, 4.69) is 21.5 Å². The maximum absolute atomic E-state index is 13.2. The number of anilines is 1. The zero-order valence-corrected chi connectivity index (χ0v) is 18.1. The maximum atomic E-state index is 13.2. The molecule has 170 valence electrons. The number of carbonyl (C=O) groups is 1. The molecule has 4 heterocycles. The van der Waals surface area contributed by atoms with Crippen LogP contribution in [0.1, 0.15) is 41.7 Å². The third-order valence-electron chi connectivity index (χ3n) is 6.18. The van der Waals surface area contributed by atoms with Crippen LogP contribution in [0.25, 0.3) is 16.9 Å². The van der Waals surface area contributed by atoms with Crippen molar-refractivity contribution in [1.82, 2.24) is 24.5 Å². The van der Waals surface area contributed by atoms with Crippen LogP contribution in [0.2, 0.25) is 0 Å². The van der Waals surface area contributed by atoms with Crippen molar-refractivity contribution in [3.05, 3.63) is 41.9 Å². The summed E-state index contributed by atoms with van der Waals surface area (Å²) in [5.74, 6) is 0.768. The quantitative estimate of drug-likeness (QED) is 0.620. The molecule has 2 fully saturated rings. The molecule has 1 saturated carbocycles. The van der Waals surface area contributed by atoms with Gasteiger partial charge in [-0.2, -0.15) is 10.4 Å². The van der Waals surface area contributed by atoms with Gasteiger partial charge in [-0.05, 0) is 37.8 Å². The van der Waals surface area contributed by atoms with Crippen LogP contribution in [0.3, 0.4) is 0 Å². The van der Waals surface area contributed by atoms with E-state index in [1.54, 1.807) is 40.0 Å². The predicted molar refractivity (Wildman–Crippen MR) is 120 cm³/mol. The van der Waals surface area contributed by atoms with Gasteiger partial charge in [0.2, 0.25) is 0 Å². The number of aromatic nitrogens is 4. The largest absolute Gasteiger partial charge is 0.393 e. The van der Waals surface area contributed by atoms with Crippen LogP contribution >= 0.6 is 0 Å². The molecule has 3 aromatic heterocycles. The number of pyridine rings is 1. The first-order chi connectivity index (χ1) is 16.1. The number of nitrogens with one attached hydrogen (secondary N) is 1. The van der Waals surface area contributed by atoms with Gasteiger partial charge in [-0.3, -0.25) is 4.79 Å². The van der Waals surface area contributed by atoms with E-state index in [-0.39, 0.29) is 18.1 Å². The molecule has 1 aliphatic carbocycles. The first kappa shape index (κ1) is 21.3. The van der Waals surface area contributed by atoms with Crippen LogP contribution in [0.5, 0.6) is 0 Å². The Morgan fingerprint density at radius 3 is 2.73 bits per heavy atom. The number of nitrogens with zero attached hydrogens (tertiary/aromatic N) is 6. The highest BCUT2D eigenvalue weighted by molar-refractivity contribution is 5.94. The fraction of sp³-hybridized carbons (Fsp3) is 0.435. The molecule has 10 heteroatoms. The van der Waals surface area contributed by atoms with Gasteiger partial charge < -0.3 is 20.1 Å². The Labute approximate surface area is 190 Å². The van der Waals surface area contributed by atoms with Crippen molar-refractivity contribution >= 4 is 17.2 Å². The molecule has 0 bridgehead atoms. The Morgan fingerprint density at radius 1 is 1.18 bits per heavy atom. The summed E-state index contributed by atoms with van der Waals surface area (Å²) in [6.07, 6.45) is 6.24. The summed E-state index contributed by atoms with van der Waals surface area (Å²) in [5, 5.41) is 26.9. The van der Waals surface area contributed by atoms with E-state index in [0.29, 0.717) is 60.3 Å². The average Bonchev–Trinajstić information content (AvgIpc) is 3.28. The molecule has 2 aliphatic rings. The molecule has 0 unspecified atom stereocenters. The molecular formula is C23H25N7O3. The first-order valence-electron chi connectivity index (χ1n) is 11.2. The Bertz CT molecular complexity index is 1200. The molecule has 0 aromatic carbocycles. The monoisotopic (exact) mass is 447 g/mol. The molecule has 0 atom stereocenters. The number of hydrogen-bond donors (Lipinski definition) is 2. The molecular weight excluding hydrogens is 422 g/mol. The van der Waals surface area contributed by atoms with Crippen LogP contribution in [-0.4, -0.2) is 73.9 Å².